The van der Waals surface area contributed by atoms with E-state index in [0.717, 1.165) is 41.7 Å². The van der Waals surface area contributed by atoms with Gasteiger partial charge in [0, 0.05) is 41.3 Å². The molecule has 2 rings (SSSR count). The molecule has 0 bridgehead atoms. The second-order valence-electron chi connectivity index (χ2n) is 5.00. The monoisotopic (exact) mass is 272 g/mol. The maximum Gasteiger partial charge on any atom is 0.0465 e. The first kappa shape index (κ1) is 13.2. The Labute approximate surface area is 113 Å². The van der Waals surface area contributed by atoms with Gasteiger partial charge in [0.15, 0.2) is 0 Å². The molecule has 2 nitrogen and oxygen atoms in total. The van der Waals surface area contributed by atoms with Crippen LogP contribution >= 0.6 is 23.2 Å². The molecule has 17 heavy (non-hydrogen) atoms. The van der Waals surface area contributed by atoms with Gasteiger partial charge >= 0.3 is 0 Å². The number of halogens is 2. The molecule has 1 aliphatic heterocycles. The molecule has 0 spiro atoms. The third-order valence-corrected chi connectivity index (χ3v) is 3.92. The molecule has 1 aromatic carbocycles. The lowest BCUT2D eigenvalue weighted by Gasteiger charge is -2.35. The van der Waals surface area contributed by atoms with E-state index in [-0.39, 0.29) is 6.04 Å². The van der Waals surface area contributed by atoms with E-state index in [4.69, 9.17) is 28.9 Å². The van der Waals surface area contributed by atoms with Crippen molar-refractivity contribution in [2.45, 2.75) is 25.9 Å². The highest BCUT2D eigenvalue weighted by atomic mass is 35.5. The van der Waals surface area contributed by atoms with Gasteiger partial charge in [-0.15, -0.1) is 0 Å². The summed E-state index contributed by atoms with van der Waals surface area (Å²) >= 11 is 12.4. The number of nitrogens with zero attached hydrogens (tertiary/aromatic N) is 1. The average molecular weight is 273 g/mol. The van der Waals surface area contributed by atoms with Gasteiger partial charge in [0.1, 0.15) is 0 Å². The second-order valence-corrected chi connectivity index (χ2v) is 5.81. The van der Waals surface area contributed by atoms with Crippen LogP contribution in [0.2, 0.25) is 10.0 Å². The summed E-state index contributed by atoms with van der Waals surface area (Å²) < 4.78 is 0. The zero-order valence-corrected chi connectivity index (χ0v) is 11.5. The minimum Gasteiger partial charge on any atom is -0.327 e. The van der Waals surface area contributed by atoms with Crippen LogP contribution < -0.4 is 5.73 Å². The number of hydrogen-bond donors (Lipinski definition) is 1. The number of piperidine rings is 1. The molecule has 0 aliphatic carbocycles. The number of likely N-dealkylation sites (tertiary alicyclic amines) is 1. The van der Waals surface area contributed by atoms with Crippen molar-refractivity contribution in [3.8, 4) is 0 Å². The Balaban J connectivity index is 2.10. The minimum absolute atomic E-state index is 0.264. The molecule has 1 heterocycles. The maximum absolute atomic E-state index is 6.18. The molecule has 2 unspecified atom stereocenters. The molecule has 2 N–H and O–H groups in total. The summed E-state index contributed by atoms with van der Waals surface area (Å²) in [5, 5.41) is 1.48. The number of rotatable bonds is 2. The van der Waals surface area contributed by atoms with Crippen LogP contribution in [0, 0.1) is 5.92 Å². The Morgan fingerprint density at radius 2 is 1.94 bits per heavy atom. The summed E-state index contributed by atoms with van der Waals surface area (Å²) in [4.78, 5) is 2.34. The van der Waals surface area contributed by atoms with Crippen molar-refractivity contribution in [1.82, 2.24) is 4.90 Å². The smallest absolute Gasteiger partial charge is 0.0465 e. The Kier molecular flexibility index (Phi) is 4.31. The van der Waals surface area contributed by atoms with Gasteiger partial charge in [0.2, 0.25) is 0 Å². The van der Waals surface area contributed by atoms with Crippen molar-refractivity contribution in [2.75, 3.05) is 13.1 Å². The average Bonchev–Trinajstić information content (AvgIpc) is 2.22. The van der Waals surface area contributed by atoms with Gasteiger partial charge in [-0.1, -0.05) is 36.2 Å². The van der Waals surface area contributed by atoms with Gasteiger partial charge in [-0.2, -0.15) is 0 Å². The maximum atomic E-state index is 6.18. The van der Waals surface area contributed by atoms with E-state index in [1.807, 2.05) is 18.2 Å². The van der Waals surface area contributed by atoms with E-state index in [1.165, 1.54) is 0 Å². The van der Waals surface area contributed by atoms with Crippen LogP contribution in [0.3, 0.4) is 0 Å². The molecule has 1 aliphatic rings. The standard InChI is InChI=1S/C13H18Cl2N2/c1-9-5-10(16)7-17(6-9)8-11-12(14)3-2-4-13(11)15/h2-4,9-10H,5-8,16H2,1H3. The van der Waals surface area contributed by atoms with Crippen molar-refractivity contribution < 1.29 is 0 Å². The van der Waals surface area contributed by atoms with Crippen molar-refractivity contribution in [2.24, 2.45) is 11.7 Å². The van der Waals surface area contributed by atoms with E-state index >= 15 is 0 Å². The summed E-state index contributed by atoms with van der Waals surface area (Å²) in [6.45, 7) is 5.01. The lowest BCUT2D eigenvalue weighted by molar-refractivity contribution is 0.158. The third-order valence-electron chi connectivity index (χ3n) is 3.21. The summed E-state index contributed by atoms with van der Waals surface area (Å²) in [6, 6.07) is 5.91. The SMILES string of the molecule is CC1CC(N)CN(Cc2c(Cl)cccc2Cl)C1. The van der Waals surface area contributed by atoms with Crippen LogP contribution in [-0.2, 0) is 6.54 Å². The second kappa shape index (κ2) is 5.57. The molecule has 2 atom stereocenters. The summed E-state index contributed by atoms with van der Waals surface area (Å²) in [7, 11) is 0. The van der Waals surface area contributed by atoms with Crippen LogP contribution in [0.5, 0.6) is 0 Å². The Hall–Kier alpha value is -0.280. The minimum atomic E-state index is 0.264. The van der Waals surface area contributed by atoms with E-state index in [1.54, 1.807) is 0 Å². The quantitative estimate of drug-likeness (QED) is 0.896. The van der Waals surface area contributed by atoms with Gasteiger partial charge in [-0.25, -0.2) is 0 Å². The van der Waals surface area contributed by atoms with Crippen LogP contribution in [-0.4, -0.2) is 24.0 Å². The molecule has 4 heteroatoms. The van der Waals surface area contributed by atoms with Crippen LogP contribution in [0.4, 0.5) is 0 Å². The molecule has 0 aromatic heterocycles. The molecular weight excluding hydrogens is 255 g/mol. The highest BCUT2D eigenvalue weighted by Gasteiger charge is 2.23. The largest absolute Gasteiger partial charge is 0.327 e. The Bertz CT molecular complexity index is 365. The van der Waals surface area contributed by atoms with Gasteiger partial charge in [-0.05, 0) is 24.5 Å². The van der Waals surface area contributed by atoms with Gasteiger partial charge in [0.05, 0.1) is 0 Å². The topological polar surface area (TPSA) is 29.3 Å². The zero-order chi connectivity index (χ0) is 12.4. The van der Waals surface area contributed by atoms with E-state index in [0.29, 0.717) is 5.92 Å². The molecule has 1 fully saturated rings. The molecular formula is C13H18Cl2N2. The van der Waals surface area contributed by atoms with Crippen LogP contribution in [0.25, 0.3) is 0 Å². The predicted octanol–water partition coefficient (Wildman–Crippen LogP) is 3.16. The molecule has 94 valence electrons. The fourth-order valence-electron chi connectivity index (χ4n) is 2.55. The van der Waals surface area contributed by atoms with Crippen molar-refractivity contribution in [3.05, 3.63) is 33.8 Å². The van der Waals surface area contributed by atoms with Crippen LogP contribution in [0.15, 0.2) is 18.2 Å². The van der Waals surface area contributed by atoms with Crippen molar-refractivity contribution >= 4 is 23.2 Å². The van der Waals surface area contributed by atoms with Gasteiger partial charge in [0.25, 0.3) is 0 Å². The van der Waals surface area contributed by atoms with E-state index in [2.05, 4.69) is 11.8 Å². The fourth-order valence-corrected chi connectivity index (χ4v) is 3.07. The van der Waals surface area contributed by atoms with Gasteiger partial charge in [-0.3, -0.25) is 4.90 Å². The van der Waals surface area contributed by atoms with Crippen molar-refractivity contribution in [1.29, 1.82) is 0 Å². The molecule has 0 radical (unpaired) electrons. The number of benzene rings is 1. The lowest BCUT2D eigenvalue weighted by atomic mass is 9.96. The van der Waals surface area contributed by atoms with E-state index < -0.39 is 0 Å². The number of nitrogens with two attached hydrogens (primary N) is 1. The van der Waals surface area contributed by atoms with E-state index in [9.17, 15) is 0 Å². The molecule has 1 saturated heterocycles. The summed E-state index contributed by atoms with van der Waals surface area (Å²) in [6.07, 6.45) is 1.10. The van der Waals surface area contributed by atoms with Gasteiger partial charge < -0.3 is 5.73 Å². The fraction of sp³-hybridized carbons (Fsp3) is 0.538. The first-order valence-corrected chi connectivity index (χ1v) is 6.72. The zero-order valence-electron chi connectivity index (χ0n) is 10.00. The normalized spacial score (nSPS) is 26.1. The summed E-state index contributed by atoms with van der Waals surface area (Å²) in [5.74, 6) is 0.639. The third kappa shape index (κ3) is 3.35. The lowest BCUT2D eigenvalue weighted by Crippen LogP contribution is -2.45. The Morgan fingerprint density at radius 3 is 2.53 bits per heavy atom. The first-order valence-electron chi connectivity index (χ1n) is 5.97. The first-order chi connectivity index (χ1) is 8.06. The molecule has 0 saturated carbocycles. The van der Waals surface area contributed by atoms with Crippen molar-refractivity contribution in [3.63, 3.8) is 0 Å². The highest BCUT2D eigenvalue weighted by Crippen LogP contribution is 2.27. The summed E-state index contributed by atoms with van der Waals surface area (Å²) in [5.41, 5.74) is 7.05. The highest BCUT2D eigenvalue weighted by molar-refractivity contribution is 6.35. The predicted molar refractivity (Wildman–Crippen MR) is 73.5 cm³/mol. The Morgan fingerprint density at radius 1 is 1.29 bits per heavy atom. The number of hydrogen-bond acceptors (Lipinski definition) is 2. The molecule has 1 aromatic rings. The van der Waals surface area contributed by atoms with Crippen LogP contribution in [0.1, 0.15) is 18.9 Å². The molecule has 0 amide bonds.